The standard InChI is InChI=1S/C7H13F3N2/c8-7(9,10)6(5-11)12-3-1-2-4-12/h6H,1-5,11H2/t6-/m0/s1. The molecular formula is C7H13F3N2. The van der Waals surface area contributed by atoms with Crippen LogP contribution in [0.3, 0.4) is 0 Å². The van der Waals surface area contributed by atoms with Gasteiger partial charge in [0.25, 0.3) is 0 Å². The molecule has 0 aliphatic carbocycles. The molecule has 1 aliphatic rings. The van der Waals surface area contributed by atoms with Crippen LogP contribution in [0.4, 0.5) is 13.2 Å². The van der Waals surface area contributed by atoms with E-state index in [-0.39, 0.29) is 6.54 Å². The lowest BCUT2D eigenvalue weighted by molar-refractivity contribution is -0.178. The maximum Gasteiger partial charge on any atom is 0.405 e. The Balaban J connectivity index is 2.54. The van der Waals surface area contributed by atoms with Crippen molar-refractivity contribution < 1.29 is 13.2 Å². The number of hydrogen-bond donors (Lipinski definition) is 1. The topological polar surface area (TPSA) is 29.3 Å². The Morgan fingerprint density at radius 1 is 1.25 bits per heavy atom. The van der Waals surface area contributed by atoms with E-state index in [4.69, 9.17) is 5.73 Å². The summed E-state index contributed by atoms with van der Waals surface area (Å²) in [5.41, 5.74) is 5.08. The smallest absolute Gasteiger partial charge is 0.329 e. The molecule has 1 heterocycles. The minimum Gasteiger partial charge on any atom is -0.329 e. The van der Waals surface area contributed by atoms with Crippen LogP contribution in [0.1, 0.15) is 12.8 Å². The molecular weight excluding hydrogens is 169 g/mol. The Morgan fingerprint density at radius 2 is 1.75 bits per heavy atom. The summed E-state index contributed by atoms with van der Waals surface area (Å²) in [5.74, 6) is 0. The van der Waals surface area contributed by atoms with Crippen molar-refractivity contribution in [2.24, 2.45) is 5.73 Å². The first-order chi connectivity index (χ1) is 5.55. The first-order valence-electron chi connectivity index (χ1n) is 4.06. The fraction of sp³-hybridized carbons (Fsp3) is 1.00. The molecule has 0 radical (unpaired) electrons. The molecule has 72 valence electrons. The zero-order valence-corrected chi connectivity index (χ0v) is 6.77. The minimum atomic E-state index is -4.17. The summed E-state index contributed by atoms with van der Waals surface area (Å²) in [4.78, 5) is 1.42. The highest BCUT2D eigenvalue weighted by molar-refractivity contribution is 4.82. The van der Waals surface area contributed by atoms with E-state index in [1.165, 1.54) is 4.90 Å². The van der Waals surface area contributed by atoms with Crippen LogP contribution in [-0.4, -0.2) is 36.8 Å². The molecule has 1 atom stereocenters. The molecule has 0 unspecified atom stereocenters. The van der Waals surface area contributed by atoms with Gasteiger partial charge in [0.05, 0.1) is 0 Å². The molecule has 1 rings (SSSR count). The minimum absolute atomic E-state index is 0.330. The third-order valence-electron chi connectivity index (χ3n) is 2.18. The molecule has 0 aromatic carbocycles. The maximum atomic E-state index is 12.3. The van der Waals surface area contributed by atoms with Gasteiger partial charge in [-0.3, -0.25) is 4.90 Å². The van der Waals surface area contributed by atoms with E-state index in [9.17, 15) is 13.2 Å². The Bertz CT molecular complexity index is 140. The normalized spacial score (nSPS) is 23.0. The SMILES string of the molecule is NC[C@H](N1CCCC1)C(F)(F)F. The van der Waals surface area contributed by atoms with Gasteiger partial charge in [-0.15, -0.1) is 0 Å². The van der Waals surface area contributed by atoms with E-state index >= 15 is 0 Å². The molecule has 5 heteroatoms. The molecule has 2 nitrogen and oxygen atoms in total. The van der Waals surface area contributed by atoms with Crippen LogP contribution in [0.5, 0.6) is 0 Å². The van der Waals surface area contributed by atoms with Crippen LogP contribution in [0, 0.1) is 0 Å². The van der Waals surface area contributed by atoms with E-state index in [0.29, 0.717) is 13.1 Å². The number of likely N-dealkylation sites (tertiary alicyclic amines) is 1. The number of rotatable bonds is 2. The second-order valence-electron chi connectivity index (χ2n) is 3.04. The number of nitrogens with zero attached hydrogens (tertiary/aromatic N) is 1. The monoisotopic (exact) mass is 182 g/mol. The van der Waals surface area contributed by atoms with E-state index in [0.717, 1.165) is 12.8 Å². The average molecular weight is 182 g/mol. The van der Waals surface area contributed by atoms with Gasteiger partial charge in [0, 0.05) is 6.54 Å². The highest BCUT2D eigenvalue weighted by atomic mass is 19.4. The van der Waals surface area contributed by atoms with E-state index in [1.54, 1.807) is 0 Å². The third kappa shape index (κ3) is 2.10. The second-order valence-corrected chi connectivity index (χ2v) is 3.04. The average Bonchev–Trinajstić information content (AvgIpc) is 2.38. The summed E-state index contributed by atoms with van der Waals surface area (Å²) in [6.45, 7) is 0.728. The summed E-state index contributed by atoms with van der Waals surface area (Å²) in [5, 5.41) is 0. The zero-order chi connectivity index (χ0) is 9.19. The van der Waals surface area contributed by atoms with Gasteiger partial charge < -0.3 is 5.73 Å². The van der Waals surface area contributed by atoms with Gasteiger partial charge in [0.2, 0.25) is 0 Å². The fourth-order valence-electron chi connectivity index (χ4n) is 1.54. The van der Waals surface area contributed by atoms with Crippen LogP contribution in [0.15, 0.2) is 0 Å². The second kappa shape index (κ2) is 3.62. The summed E-state index contributed by atoms with van der Waals surface area (Å²) in [6, 6.07) is -1.43. The Hall–Kier alpha value is -0.290. The molecule has 0 bridgehead atoms. The summed E-state index contributed by atoms with van der Waals surface area (Å²) < 4.78 is 36.8. The van der Waals surface area contributed by atoms with Gasteiger partial charge in [-0.25, -0.2) is 0 Å². The van der Waals surface area contributed by atoms with Crippen molar-refractivity contribution >= 4 is 0 Å². The zero-order valence-electron chi connectivity index (χ0n) is 6.77. The Kier molecular flexibility index (Phi) is 2.95. The number of halogens is 3. The highest BCUT2D eigenvalue weighted by Crippen LogP contribution is 2.26. The molecule has 0 aromatic rings. The summed E-state index contributed by atoms with van der Waals surface area (Å²) in [7, 11) is 0. The largest absolute Gasteiger partial charge is 0.405 e. The van der Waals surface area contributed by atoms with E-state index < -0.39 is 12.2 Å². The first kappa shape index (κ1) is 9.80. The number of nitrogens with two attached hydrogens (primary N) is 1. The van der Waals surface area contributed by atoms with Crippen LogP contribution in [0.25, 0.3) is 0 Å². The fourth-order valence-corrected chi connectivity index (χ4v) is 1.54. The van der Waals surface area contributed by atoms with Gasteiger partial charge in [-0.2, -0.15) is 13.2 Å². The molecule has 0 saturated carbocycles. The lowest BCUT2D eigenvalue weighted by Crippen LogP contribution is -2.48. The number of hydrogen-bond acceptors (Lipinski definition) is 2. The van der Waals surface area contributed by atoms with Gasteiger partial charge in [-0.05, 0) is 25.9 Å². The Labute approximate surface area is 69.5 Å². The quantitative estimate of drug-likeness (QED) is 0.689. The summed E-state index contributed by atoms with van der Waals surface area (Å²) >= 11 is 0. The predicted molar refractivity (Wildman–Crippen MR) is 39.7 cm³/mol. The van der Waals surface area contributed by atoms with Crippen LogP contribution >= 0.6 is 0 Å². The third-order valence-corrected chi connectivity index (χ3v) is 2.18. The molecule has 1 fully saturated rings. The molecule has 0 amide bonds. The van der Waals surface area contributed by atoms with Gasteiger partial charge in [0.1, 0.15) is 6.04 Å². The Morgan fingerprint density at radius 3 is 2.08 bits per heavy atom. The van der Waals surface area contributed by atoms with Crippen molar-refractivity contribution in [3.8, 4) is 0 Å². The van der Waals surface area contributed by atoms with Crippen LogP contribution in [-0.2, 0) is 0 Å². The lowest BCUT2D eigenvalue weighted by atomic mass is 10.2. The molecule has 0 spiro atoms. The van der Waals surface area contributed by atoms with Crippen molar-refractivity contribution in [3.05, 3.63) is 0 Å². The summed E-state index contributed by atoms with van der Waals surface area (Å²) in [6.07, 6.45) is -2.46. The van der Waals surface area contributed by atoms with Crippen molar-refractivity contribution in [3.63, 3.8) is 0 Å². The van der Waals surface area contributed by atoms with Gasteiger partial charge in [0.15, 0.2) is 0 Å². The molecule has 0 aromatic heterocycles. The van der Waals surface area contributed by atoms with Crippen LogP contribution in [0.2, 0.25) is 0 Å². The molecule has 1 aliphatic heterocycles. The first-order valence-corrected chi connectivity index (χ1v) is 4.06. The van der Waals surface area contributed by atoms with Gasteiger partial charge >= 0.3 is 6.18 Å². The van der Waals surface area contributed by atoms with Crippen LogP contribution < -0.4 is 5.73 Å². The van der Waals surface area contributed by atoms with E-state index in [1.807, 2.05) is 0 Å². The maximum absolute atomic E-state index is 12.3. The molecule has 2 N–H and O–H groups in total. The predicted octanol–water partition coefficient (Wildman–Crippen LogP) is 0.972. The lowest BCUT2D eigenvalue weighted by Gasteiger charge is -2.27. The number of alkyl halides is 3. The van der Waals surface area contributed by atoms with Crippen molar-refractivity contribution in [2.45, 2.75) is 25.1 Å². The van der Waals surface area contributed by atoms with Crippen molar-refractivity contribution in [1.82, 2.24) is 4.90 Å². The highest BCUT2D eigenvalue weighted by Gasteiger charge is 2.43. The molecule has 1 saturated heterocycles. The van der Waals surface area contributed by atoms with E-state index in [2.05, 4.69) is 0 Å². The van der Waals surface area contributed by atoms with Crippen molar-refractivity contribution in [2.75, 3.05) is 19.6 Å². The van der Waals surface area contributed by atoms with Gasteiger partial charge in [-0.1, -0.05) is 0 Å². The molecule has 12 heavy (non-hydrogen) atoms. The van der Waals surface area contributed by atoms with Crippen molar-refractivity contribution in [1.29, 1.82) is 0 Å².